The molecular formula is C48H60N8O11S. The molecule has 2 aliphatic heterocycles. The molecule has 1 unspecified atom stereocenters. The average molecular weight is 957 g/mol. The molecule has 0 bridgehead atoms. The summed E-state index contributed by atoms with van der Waals surface area (Å²) in [6.07, 6.45) is 9.41. The minimum atomic E-state index is -3.92. The Morgan fingerprint density at radius 1 is 0.853 bits per heavy atom. The van der Waals surface area contributed by atoms with Gasteiger partial charge in [0.05, 0.1) is 23.6 Å². The van der Waals surface area contributed by atoms with E-state index in [-0.39, 0.29) is 79.4 Å². The van der Waals surface area contributed by atoms with E-state index < -0.39 is 51.0 Å². The number of rotatable bonds is 17. The number of hydrogen-bond acceptors (Lipinski definition) is 11. The number of ether oxygens (including phenoxy) is 2. The normalized spacial score (nSPS) is 16.6. The molecule has 6 N–H and O–H groups in total. The van der Waals surface area contributed by atoms with Gasteiger partial charge in [-0.05, 0) is 108 Å². The molecule has 1 atom stereocenters. The highest BCUT2D eigenvalue weighted by molar-refractivity contribution is 7.92. The summed E-state index contributed by atoms with van der Waals surface area (Å²) in [5.41, 5.74) is 2.35. The van der Waals surface area contributed by atoms with Crippen molar-refractivity contribution in [3.63, 3.8) is 0 Å². The number of pyridine rings is 1. The van der Waals surface area contributed by atoms with E-state index in [1.807, 2.05) is 12.1 Å². The third-order valence-electron chi connectivity index (χ3n) is 12.2. The molecule has 68 heavy (non-hydrogen) atoms. The molecule has 4 aromatic rings. The van der Waals surface area contributed by atoms with Crippen LogP contribution in [0.1, 0.15) is 127 Å². The van der Waals surface area contributed by atoms with E-state index in [9.17, 15) is 42.0 Å². The molecule has 6 amide bonds. The van der Waals surface area contributed by atoms with E-state index in [1.165, 1.54) is 27.7 Å². The summed E-state index contributed by atoms with van der Waals surface area (Å²) in [4.78, 5) is 95.0. The second-order valence-corrected chi connectivity index (χ2v) is 20.4. The molecule has 0 spiro atoms. The number of hydrogen-bond donors (Lipinski definition) is 6. The number of sulfonamides is 1. The van der Waals surface area contributed by atoms with Crippen LogP contribution in [0.3, 0.4) is 0 Å². The van der Waals surface area contributed by atoms with Gasteiger partial charge in [-0.15, -0.1) is 0 Å². The number of aromatic amines is 1. The fraction of sp³-hybridized carbons (Fsp3) is 0.479. The number of carbonyl (C=O) groups excluding carboxylic acids is 6. The Balaban J connectivity index is 1.08. The first-order valence-corrected chi connectivity index (χ1v) is 25.0. The van der Waals surface area contributed by atoms with Gasteiger partial charge in [0.2, 0.25) is 21.8 Å². The zero-order valence-corrected chi connectivity index (χ0v) is 39.9. The standard InChI is InChI=1S/C48H60N8O11S/c1-48(2,3)67-47(63)51-22-21-50-43(59)37-24-32-35(26-55(4)46(62)41(32)52-37)31-23-36(54-68(5,64)65)33(25-39(31)66-29-15-9-6-10-16-29)42(58)49-20-11-7-8-13-28-14-12-17-30-34(28)27-56(45(30)61)38-18-19-40(57)53-44(38)60/h12,14,17,23-26,29,38,52,54H,6-11,13,15-16,18-22,27H2,1-5H3,(H,49,58)(H,50,59)(H,51,63)(H,53,57,60). The molecule has 364 valence electrons. The van der Waals surface area contributed by atoms with E-state index in [0.717, 1.165) is 62.3 Å². The highest BCUT2D eigenvalue weighted by Crippen LogP contribution is 2.40. The first-order chi connectivity index (χ1) is 32.3. The van der Waals surface area contributed by atoms with Crippen LogP contribution in [0.25, 0.3) is 22.0 Å². The Hall–Kier alpha value is -6.70. The van der Waals surface area contributed by atoms with E-state index in [2.05, 4.69) is 31.0 Å². The quantitative estimate of drug-likeness (QED) is 0.0621. The molecule has 7 rings (SSSR count). The number of aryl methyl sites for hydroxylation is 2. The van der Waals surface area contributed by atoms with Gasteiger partial charge in [-0.3, -0.25) is 38.8 Å². The maximum absolute atomic E-state index is 14.0. The van der Waals surface area contributed by atoms with Crippen LogP contribution < -0.4 is 36.3 Å². The number of carbonyl (C=O) groups is 6. The maximum Gasteiger partial charge on any atom is 0.407 e. The lowest BCUT2D eigenvalue weighted by molar-refractivity contribution is -0.136. The summed E-state index contributed by atoms with van der Waals surface area (Å²) in [7, 11) is -2.37. The smallest absolute Gasteiger partial charge is 0.407 e. The topological polar surface area (TPSA) is 256 Å². The van der Waals surface area contributed by atoms with Gasteiger partial charge in [-0.1, -0.05) is 25.0 Å². The predicted octanol–water partition coefficient (Wildman–Crippen LogP) is 4.77. The molecule has 2 aromatic heterocycles. The minimum Gasteiger partial charge on any atom is -0.490 e. The zero-order valence-electron chi connectivity index (χ0n) is 39.1. The molecule has 1 aliphatic carbocycles. The summed E-state index contributed by atoms with van der Waals surface area (Å²) in [5, 5.41) is 10.9. The van der Waals surface area contributed by atoms with Crippen LogP contribution in [-0.4, -0.2) is 102 Å². The minimum absolute atomic E-state index is 0.0113. The van der Waals surface area contributed by atoms with Gasteiger partial charge in [0, 0.05) is 67.9 Å². The SMILES string of the molecule is Cn1cc(-c2cc(NS(C)(=O)=O)c(C(=O)NCCCCCc3cccc4c3CN(C3CCC(=O)NC3=O)C4=O)cc2OC2CCCCC2)c2cc(C(=O)NCCNC(=O)OC(C)(C)C)[nH]c2c1=O. The van der Waals surface area contributed by atoms with Crippen molar-refractivity contribution in [3.05, 3.63) is 80.9 Å². The largest absolute Gasteiger partial charge is 0.490 e. The lowest BCUT2D eigenvalue weighted by atomic mass is 9.96. The molecule has 2 aromatic carbocycles. The molecule has 19 nitrogen and oxygen atoms in total. The van der Waals surface area contributed by atoms with E-state index >= 15 is 0 Å². The van der Waals surface area contributed by atoms with Crippen molar-refractivity contribution in [2.75, 3.05) is 30.6 Å². The van der Waals surface area contributed by atoms with Crippen molar-refractivity contribution < 1.29 is 46.7 Å². The van der Waals surface area contributed by atoms with Gasteiger partial charge in [-0.25, -0.2) is 13.2 Å². The summed E-state index contributed by atoms with van der Waals surface area (Å²) < 4.78 is 41.4. The maximum atomic E-state index is 14.0. The molecule has 0 radical (unpaired) electrons. The Labute approximate surface area is 394 Å². The molecular weight excluding hydrogens is 897 g/mol. The van der Waals surface area contributed by atoms with Crippen molar-refractivity contribution in [2.45, 2.75) is 116 Å². The van der Waals surface area contributed by atoms with Crippen molar-refractivity contribution in [3.8, 4) is 16.9 Å². The van der Waals surface area contributed by atoms with Crippen molar-refractivity contribution in [1.29, 1.82) is 0 Å². The number of nitrogens with one attached hydrogen (secondary N) is 6. The van der Waals surface area contributed by atoms with E-state index in [4.69, 9.17) is 9.47 Å². The third kappa shape index (κ3) is 11.9. The number of unbranched alkanes of at least 4 members (excludes halogenated alkanes) is 2. The number of fused-ring (bicyclic) bond motifs is 2. The molecule has 3 aliphatic rings. The fourth-order valence-electron chi connectivity index (χ4n) is 8.94. The molecule has 2 fully saturated rings. The van der Waals surface area contributed by atoms with Gasteiger partial charge < -0.3 is 39.9 Å². The summed E-state index contributed by atoms with van der Waals surface area (Å²) in [5.74, 6) is -1.80. The Bertz CT molecular complexity index is 2800. The number of imide groups is 1. The second kappa shape index (κ2) is 20.7. The van der Waals surface area contributed by atoms with Crippen LogP contribution in [0, 0.1) is 0 Å². The highest BCUT2D eigenvalue weighted by Gasteiger charge is 2.39. The summed E-state index contributed by atoms with van der Waals surface area (Å²) in [6, 6.07) is 9.43. The Morgan fingerprint density at radius 2 is 1.59 bits per heavy atom. The average Bonchev–Trinajstić information content (AvgIpc) is 3.87. The van der Waals surface area contributed by atoms with Crippen LogP contribution >= 0.6 is 0 Å². The number of nitrogens with zero attached hydrogens (tertiary/aromatic N) is 2. The zero-order chi connectivity index (χ0) is 48.9. The van der Waals surface area contributed by atoms with Crippen molar-refractivity contribution in [2.24, 2.45) is 7.05 Å². The van der Waals surface area contributed by atoms with Gasteiger partial charge in [0.15, 0.2) is 0 Å². The van der Waals surface area contributed by atoms with Gasteiger partial charge in [0.1, 0.15) is 28.6 Å². The predicted molar refractivity (Wildman–Crippen MR) is 254 cm³/mol. The molecule has 1 saturated heterocycles. The van der Waals surface area contributed by atoms with Crippen molar-refractivity contribution >= 4 is 62.2 Å². The summed E-state index contributed by atoms with van der Waals surface area (Å²) >= 11 is 0. The van der Waals surface area contributed by atoms with Crippen LogP contribution in [0.2, 0.25) is 0 Å². The third-order valence-corrected chi connectivity index (χ3v) is 12.8. The fourth-order valence-corrected chi connectivity index (χ4v) is 9.51. The molecule has 4 heterocycles. The molecule has 20 heteroatoms. The monoisotopic (exact) mass is 956 g/mol. The molecule has 1 saturated carbocycles. The number of amides is 6. The highest BCUT2D eigenvalue weighted by atomic mass is 32.2. The van der Waals surface area contributed by atoms with Crippen molar-refractivity contribution in [1.82, 2.24) is 35.7 Å². The van der Waals surface area contributed by atoms with E-state index in [1.54, 1.807) is 40.1 Å². The lowest BCUT2D eigenvalue weighted by Gasteiger charge is -2.29. The number of anilines is 1. The van der Waals surface area contributed by atoms with Gasteiger partial charge in [-0.2, -0.15) is 0 Å². The number of alkyl carbamates (subject to hydrolysis) is 1. The van der Waals surface area contributed by atoms with Gasteiger partial charge >= 0.3 is 6.09 Å². The van der Waals surface area contributed by atoms with Crippen LogP contribution in [0.15, 0.2) is 47.4 Å². The van der Waals surface area contributed by atoms with Crippen LogP contribution in [-0.2, 0) is 44.4 Å². The number of benzene rings is 2. The number of aromatic nitrogens is 2. The lowest BCUT2D eigenvalue weighted by Crippen LogP contribution is -2.52. The Kier molecular flexibility index (Phi) is 15.0. The Morgan fingerprint density at radius 3 is 2.31 bits per heavy atom. The second-order valence-electron chi connectivity index (χ2n) is 18.7. The van der Waals surface area contributed by atoms with E-state index in [0.29, 0.717) is 40.7 Å². The van der Waals surface area contributed by atoms with Crippen LogP contribution in [0.5, 0.6) is 5.75 Å². The number of H-pyrrole nitrogens is 1. The first-order valence-electron chi connectivity index (χ1n) is 23.1. The first kappa shape index (κ1) is 49.2. The summed E-state index contributed by atoms with van der Waals surface area (Å²) in [6.45, 7) is 5.93. The number of piperidine rings is 1. The van der Waals surface area contributed by atoms with Gasteiger partial charge in [0.25, 0.3) is 23.3 Å². The van der Waals surface area contributed by atoms with Crippen LogP contribution in [0.4, 0.5) is 10.5 Å².